The van der Waals surface area contributed by atoms with Crippen molar-refractivity contribution in [3.8, 4) is 11.5 Å². The molecule has 102 valence electrons. The molecule has 4 heteroatoms. The number of hydrogen-bond acceptors (Lipinski definition) is 4. The van der Waals surface area contributed by atoms with Gasteiger partial charge in [0.15, 0.2) is 11.5 Å². The van der Waals surface area contributed by atoms with Crippen LogP contribution in [0.4, 0.5) is 5.69 Å². The summed E-state index contributed by atoms with van der Waals surface area (Å²) >= 11 is 0. The lowest BCUT2D eigenvalue weighted by atomic mass is 9.96. The number of nitrogens with one attached hydrogen (secondary N) is 1. The van der Waals surface area contributed by atoms with Gasteiger partial charge in [-0.2, -0.15) is 0 Å². The minimum atomic E-state index is 0.551. The lowest BCUT2D eigenvalue weighted by molar-refractivity contribution is 0.170. The van der Waals surface area contributed by atoms with Crippen molar-refractivity contribution in [3.05, 3.63) is 17.7 Å². The third kappa shape index (κ3) is 1.94. The minimum absolute atomic E-state index is 0.551. The molecule has 1 fully saturated rings. The second-order valence-corrected chi connectivity index (χ2v) is 5.56. The van der Waals surface area contributed by atoms with Crippen molar-refractivity contribution in [1.29, 1.82) is 0 Å². The minimum Gasteiger partial charge on any atom is -0.486 e. The Hall–Kier alpha value is -1.42. The van der Waals surface area contributed by atoms with Gasteiger partial charge in [-0.3, -0.25) is 4.90 Å². The normalized spacial score (nSPS) is 25.8. The van der Waals surface area contributed by atoms with Crippen LogP contribution in [0.15, 0.2) is 12.1 Å². The van der Waals surface area contributed by atoms with E-state index in [1.165, 1.54) is 43.6 Å². The zero-order valence-corrected chi connectivity index (χ0v) is 11.2. The van der Waals surface area contributed by atoms with Gasteiger partial charge in [-0.1, -0.05) is 0 Å². The Balaban J connectivity index is 1.72. The van der Waals surface area contributed by atoms with E-state index >= 15 is 0 Å². The number of rotatable bonds is 1. The monoisotopic (exact) mass is 260 g/mol. The fraction of sp³-hybridized carbons (Fsp3) is 0.600. The first-order valence-corrected chi connectivity index (χ1v) is 7.33. The zero-order valence-electron chi connectivity index (χ0n) is 11.2. The summed E-state index contributed by atoms with van der Waals surface area (Å²) in [6.45, 7) is 4.83. The molecular weight excluding hydrogens is 240 g/mol. The summed E-state index contributed by atoms with van der Waals surface area (Å²) in [6.07, 6.45) is 3.86. The van der Waals surface area contributed by atoms with Crippen LogP contribution in [0.3, 0.4) is 0 Å². The lowest BCUT2D eigenvalue weighted by Gasteiger charge is -2.34. The second kappa shape index (κ2) is 4.60. The number of likely N-dealkylation sites (tertiary alicyclic amines) is 1. The van der Waals surface area contributed by atoms with Crippen molar-refractivity contribution in [2.75, 3.05) is 38.2 Å². The Morgan fingerprint density at radius 1 is 1.05 bits per heavy atom. The molecule has 3 heterocycles. The molecular formula is C15H20N2O2. The standard InChI is InChI=1S/C15H20N2O2/c1-2-6-17(5-1)13-3-4-16-12-10-15-14(9-11(12)13)18-7-8-19-15/h9-10,13,16H,1-8H2. The highest BCUT2D eigenvalue weighted by Gasteiger charge is 2.29. The van der Waals surface area contributed by atoms with Crippen LogP contribution in [0.5, 0.6) is 11.5 Å². The molecule has 1 unspecified atom stereocenters. The van der Waals surface area contributed by atoms with Gasteiger partial charge >= 0.3 is 0 Å². The molecule has 0 bridgehead atoms. The van der Waals surface area contributed by atoms with Crippen molar-refractivity contribution < 1.29 is 9.47 Å². The van der Waals surface area contributed by atoms with E-state index in [0.29, 0.717) is 19.3 Å². The van der Waals surface area contributed by atoms with Crippen LogP contribution in [0.1, 0.15) is 30.9 Å². The Kier molecular flexibility index (Phi) is 2.76. The van der Waals surface area contributed by atoms with E-state index in [1.807, 2.05) is 0 Å². The topological polar surface area (TPSA) is 33.7 Å². The summed E-state index contributed by atoms with van der Waals surface area (Å²) in [5, 5.41) is 3.50. The number of nitrogens with zero attached hydrogens (tertiary/aromatic N) is 1. The van der Waals surface area contributed by atoms with Gasteiger partial charge in [-0.15, -0.1) is 0 Å². The van der Waals surface area contributed by atoms with Crippen LogP contribution in [0.25, 0.3) is 0 Å². The number of anilines is 1. The average Bonchev–Trinajstić information content (AvgIpc) is 2.98. The summed E-state index contributed by atoms with van der Waals surface area (Å²) in [5.74, 6) is 1.80. The molecule has 3 aliphatic heterocycles. The van der Waals surface area contributed by atoms with Crippen molar-refractivity contribution in [2.24, 2.45) is 0 Å². The number of benzene rings is 1. The second-order valence-electron chi connectivity index (χ2n) is 5.56. The highest BCUT2D eigenvalue weighted by molar-refractivity contribution is 5.63. The van der Waals surface area contributed by atoms with Crippen molar-refractivity contribution >= 4 is 5.69 Å². The van der Waals surface area contributed by atoms with E-state index in [2.05, 4.69) is 22.3 Å². The molecule has 0 aromatic heterocycles. The maximum atomic E-state index is 5.73. The van der Waals surface area contributed by atoms with Gasteiger partial charge in [0.25, 0.3) is 0 Å². The summed E-state index contributed by atoms with van der Waals surface area (Å²) < 4.78 is 11.4. The van der Waals surface area contributed by atoms with E-state index in [1.54, 1.807) is 0 Å². The van der Waals surface area contributed by atoms with Gasteiger partial charge in [-0.25, -0.2) is 0 Å². The van der Waals surface area contributed by atoms with Crippen molar-refractivity contribution in [1.82, 2.24) is 4.90 Å². The van der Waals surface area contributed by atoms with Crippen molar-refractivity contribution in [3.63, 3.8) is 0 Å². The first-order valence-electron chi connectivity index (χ1n) is 7.33. The SMILES string of the molecule is c1c2c(cc3c1OCCO3)C(N1CCCC1)CCN2. The fourth-order valence-corrected chi connectivity index (χ4v) is 3.46. The van der Waals surface area contributed by atoms with Gasteiger partial charge in [-0.05, 0) is 44.0 Å². The summed E-state index contributed by atoms with van der Waals surface area (Å²) in [4.78, 5) is 2.62. The molecule has 1 atom stereocenters. The van der Waals surface area contributed by atoms with Gasteiger partial charge in [0.1, 0.15) is 13.2 Å². The first-order chi connectivity index (χ1) is 9.42. The highest BCUT2D eigenvalue weighted by atomic mass is 16.6. The molecule has 1 N–H and O–H groups in total. The summed E-state index contributed by atoms with van der Waals surface area (Å²) in [5.41, 5.74) is 2.62. The van der Waals surface area contributed by atoms with E-state index in [0.717, 1.165) is 18.0 Å². The molecule has 1 aromatic rings. The van der Waals surface area contributed by atoms with Gasteiger partial charge in [0, 0.05) is 24.3 Å². The smallest absolute Gasteiger partial charge is 0.163 e. The zero-order chi connectivity index (χ0) is 12.7. The molecule has 0 spiro atoms. The lowest BCUT2D eigenvalue weighted by Crippen LogP contribution is -2.31. The molecule has 1 aromatic carbocycles. The molecule has 4 rings (SSSR count). The van der Waals surface area contributed by atoms with Gasteiger partial charge < -0.3 is 14.8 Å². The third-order valence-corrected chi connectivity index (χ3v) is 4.39. The van der Waals surface area contributed by atoms with Crippen LogP contribution in [0.2, 0.25) is 0 Å². The fourth-order valence-electron chi connectivity index (χ4n) is 3.46. The van der Waals surface area contributed by atoms with Crippen LogP contribution < -0.4 is 14.8 Å². The van der Waals surface area contributed by atoms with Crippen LogP contribution in [-0.4, -0.2) is 37.7 Å². The Morgan fingerprint density at radius 2 is 1.79 bits per heavy atom. The highest BCUT2D eigenvalue weighted by Crippen LogP contribution is 2.43. The first kappa shape index (κ1) is 11.4. The number of fused-ring (bicyclic) bond motifs is 2. The van der Waals surface area contributed by atoms with Crippen LogP contribution >= 0.6 is 0 Å². The average molecular weight is 260 g/mol. The molecule has 1 saturated heterocycles. The molecule has 3 aliphatic rings. The molecule has 0 amide bonds. The van der Waals surface area contributed by atoms with E-state index in [-0.39, 0.29) is 0 Å². The number of ether oxygens (including phenoxy) is 2. The Morgan fingerprint density at radius 3 is 2.58 bits per heavy atom. The summed E-state index contributed by atoms with van der Waals surface area (Å²) in [6, 6.07) is 4.86. The predicted molar refractivity (Wildman–Crippen MR) is 74.1 cm³/mol. The molecule has 0 radical (unpaired) electrons. The largest absolute Gasteiger partial charge is 0.486 e. The quantitative estimate of drug-likeness (QED) is 0.840. The van der Waals surface area contributed by atoms with E-state index < -0.39 is 0 Å². The maximum absolute atomic E-state index is 5.73. The summed E-state index contributed by atoms with van der Waals surface area (Å²) in [7, 11) is 0. The van der Waals surface area contributed by atoms with E-state index in [9.17, 15) is 0 Å². The van der Waals surface area contributed by atoms with Gasteiger partial charge in [0.2, 0.25) is 0 Å². The molecule has 4 nitrogen and oxygen atoms in total. The van der Waals surface area contributed by atoms with Crippen LogP contribution in [0, 0.1) is 0 Å². The Bertz CT molecular complexity index is 483. The number of hydrogen-bond donors (Lipinski definition) is 1. The Labute approximate surface area is 113 Å². The van der Waals surface area contributed by atoms with E-state index in [4.69, 9.17) is 9.47 Å². The van der Waals surface area contributed by atoms with Crippen molar-refractivity contribution in [2.45, 2.75) is 25.3 Å². The van der Waals surface area contributed by atoms with Crippen LogP contribution in [-0.2, 0) is 0 Å². The maximum Gasteiger partial charge on any atom is 0.163 e. The molecule has 0 saturated carbocycles. The third-order valence-electron chi connectivity index (χ3n) is 4.39. The predicted octanol–water partition coefficient (Wildman–Crippen LogP) is 2.41. The molecule has 0 aliphatic carbocycles. The van der Waals surface area contributed by atoms with Gasteiger partial charge in [0.05, 0.1) is 0 Å². The molecule has 19 heavy (non-hydrogen) atoms.